The highest BCUT2D eigenvalue weighted by atomic mass is 28.4. The van der Waals surface area contributed by atoms with Crippen LogP contribution in [-0.4, -0.2) is 56.7 Å². The van der Waals surface area contributed by atoms with Gasteiger partial charge >= 0.3 is 6.09 Å². The molecule has 0 aromatic carbocycles. The summed E-state index contributed by atoms with van der Waals surface area (Å²) in [4.78, 5) is 12.4. The number of nitrogens with one attached hydrogen (secondary N) is 1. The van der Waals surface area contributed by atoms with Crippen LogP contribution in [0.5, 0.6) is 0 Å². The SMILES string of the molecule is CC(C)(C)[Si](C)(C)OCC1CN(C(=O)O)CCN1. The molecule has 1 saturated heterocycles. The van der Waals surface area contributed by atoms with Crippen molar-refractivity contribution in [3.05, 3.63) is 0 Å². The summed E-state index contributed by atoms with van der Waals surface area (Å²) < 4.78 is 6.12. The lowest BCUT2D eigenvalue weighted by Gasteiger charge is -2.39. The molecule has 0 radical (unpaired) electrons. The minimum atomic E-state index is -1.74. The van der Waals surface area contributed by atoms with Gasteiger partial charge in [0, 0.05) is 25.7 Å². The van der Waals surface area contributed by atoms with Gasteiger partial charge in [0.05, 0.1) is 6.61 Å². The van der Waals surface area contributed by atoms with Gasteiger partial charge in [0.2, 0.25) is 0 Å². The molecule has 1 rings (SSSR count). The lowest BCUT2D eigenvalue weighted by Crippen LogP contribution is -2.55. The summed E-state index contributed by atoms with van der Waals surface area (Å²) >= 11 is 0. The summed E-state index contributed by atoms with van der Waals surface area (Å²) in [5, 5.41) is 12.5. The number of hydrogen-bond acceptors (Lipinski definition) is 3. The molecule has 0 aliphatic carbocycles. The molecule has 5 nitrogen and oxygen atoms in total. The average molecular weight is 274 g/mol. The van der Waals surface area contributed by atoms with E-state index in [0.717, 1.165) is 0 Å². The molecule has 1 amide bonds. The van der Waals surface area contributed by atoms with E-state index in [2.05, 4.69) is 39.2 Å². The van der Waals surface area contributed by atoms with Gasteiger partial charge in [0.25, 0.3) is 0 Å². The molecule has 1 unspecified atom stereocenters. The smallest absolute Gasteiger partial charge is 0.407 e. The van der Waals surface area contributed by atoms with E-state index in [4.69, 9.17) is 9.53 Å². The number of nitrogens with zero attached hydrogens (tertiary/aromatic N) is 1. The second kappa shape index (κ2) is 5.58. The third-order valence-electron chi connectivity index (χ3n) is 3.98. The van der Waals surface area contributed by atoms with Gasteiger partial charge in [-0.05, 0) is 18.1 Å². The largest absolute Gasteiger partial charge is 0.465 e. The maximum absolute atomic E-state index is 10.9. The molecule has 1 aliphatic heterocycles. The number of carbonyl (C=O) groups is 1. The van der Waals surface area contributed by atoms with Gasteiger partial charge in [-0.3, -0.25) is 0 Å². The van der Waals surface area contributed by atoms with Gasteiger partial charge in [-0.25, -0.2) is 4.79 Å². The van der Waals surface area contributed by atoms with Crippen LogP contribution in [0.15, 0.2) is 0 Å². The van der Waals surface area contributed by atoms with Crippen LogP contribution in [0.2, 0.25) is 18.1 Å². The molecule has 0 bridgehead atoms. The summed E-state index contributed by atoms with van der Waals surface area (Å²) in [6.07, 6.45) is -0.839. The van der Waals surface area contributed by atoms with E-state index in [0.29, 0.717) is 26.2 Å². The summed E-state index contributed by atoms with van der Waals surface area (Å²) in [5.74, 6) is 0. The lowest BCUT2D eigenvalue weighted by atomic mass is 10.2. The zero-order valence-corrected chi connectivity index (χ0v) is 13.1. The molecular weight excluding hydrogens is 248 g/mol. The van der Waals surface area contributed by atoms with Crippen LogP contribution in [0.25, 0.3) is 0 Å². The molecule has 1 aliphatic rings. The zero-order chi connectivity index (χ0) is 14.0. The standard InChI is InChI=1S/C12H26N2O3Si/c1-12(2,3)18(4,5)17-9-10-8-14(11(15)16)7-6-13-10/h10,13H,6-9H2,1-5H3,(H,15,16). The van der Waals surface area contributed by atoms with E-state index < -0.39 is 14.4 Å². The van der Waals surface area contributed by atoms with Crippen LogP contribution in [0.3, 0.4) is 0 Å². The Morgan fingerprint density at radius 2 is 2.11 bits per heavy atom. The van der Waals surface area contributed by atoms with E-state index in [1.807, 2.05) is 0 Å². The van der Waals surface area contributed by atoms with E-state index >= 15 is 0 Å². The van der Waals surface area contributed by atoms with Crippen molar-refractivity contribution in [3.63, 3.8) is 0 Å². The first-order valence-corrected chi connectivity index (χ1v) is 9.39. The van der Waals surface area contributed by atoms with Crippen LogP contribution in [-0.2, 0) is 4.43 Å². The minimum Gasteiger partial charge on any atom is -0.465 e. The van der Waals surface area contributed by atoms with Crippen LogP contribution in [0, 0.1) is 0 Å². The molecule has 18 heavy (non-hydrogen) atoms. The summed E-state index contributed by atoms with van der Waals surface area (Å²) in [6, 6.07) is 0.115. The van der Waals surface area contributed by atoms with Gasteiger partial charge in [-0.15, -0.1) is 0 Å². The van der Waals surface area contributed by atoms with Gasteiger partial charge < -0.3 is 19.7 Å². The summed E-state index contributed by atoms with van der Waals surface area (Å²) in [7, 11) is -1.74. The Morgan fingerprint density at radius 1 is 1.50 bits per heavy atom. The van der Waals surface area contributed by atoms with Gasteiger partial charge in [0.1, 0.15) is 0 Å². The Labute approximate surface area is 111 Å². The molecule has 2 N–H and O–H groups in total. The number of hydrogen-bond donors (Lipinski definition) is 2. The number of carboxylic acid groups (broad SMARTS) is 1. The van der Waals surface area contributed by atoms with Crippen molar-refractivity contribution in [2.24, 2.45) is 0 Å². The fourth-order valence-electron chi connectivity index (χ4n) is 1.64. The Morgan fingerprint density at radius 3 is 2.61 bits per heavy atom. The topological polar surface area (TPSA) is 61.8 Å². The first-order valence-electron chi connectivity index (χ1n) is 6.49. The molecule has 6 heteroatoms. The highest BCUT2D eigenvalue weighted by Gasteiger charge is 2.38. The van der Waals surface area contributed by atoms with E-state index in [1.54, 1.807) is 0 Å². The Bertz CT molecular complexity index is 302. The Balaban J connectivity index is 2.46. The predicted octanol–water partition coefficient (Wildman–Crippen LogP) is 1.96. The zero-order valence-electron chi connectivity index (χ0n) is 12.1. The quantitative estimate of drug-likeness (QED) is 0.772. The second-order valence-corrected chi connectivity index (χ2v) is 11.3. The third kappa shape index (κ3) is 3.96. The number of piperazine rings is 1. The van der Waals surface area contributed by atoms with Crippen molar-refractivity contribution in [2.45, 2.75) is 44.9 Å². The van der Waals surface area contributed by atoms with Gasteiger partial charge in [-0.1, -0.05) is 20.8 Å². The van der Waals surface area contributed by atoms with Crippen molar-refractivity contribution in [3.8, 4) is 0 Å². The number of rotatable bonds is 3. The highest BCUT2D eigenvalue weighted by molar-refractivity contribution is 6.74. The van der Waals surface area contributed by atoms with E-state index in [9.17, 15) is 4.79 Å². The maximum atomic E-state index is 10.9. The average Bonchev–Trinajstić information content (AvgIpc) is 2.25. The first kappa shape index (κ1) is 15.5. The molecule has 106 valence electrons. The van der Waals surface area contributed by atoms with Crippen molar-refractivity contribution >= 4 is 14.4 Å². The highest BCUT2D eigenvalue weighted by Crippen LogP contribution is 2.36. The molecule has 1 heterocycles. The monoisotopic (exact) mass is 274 g/mol. The summed E-state index contributed by atoms with van der Waals surface area (Å²) in [5.41, 5.74) is 0. The van der Waals surface area contributed by atoms with Crippen LogP contribution >= 0.6 is 0 Å². The normalized spacial score (nSPS) is 22.1. The Kier molecular flexibility index (Phi) is 4.80. The molecule has 1 atom stereocenters. The van der Waals surface area contributed by atoms with Crippen LogP contribution in [0.1, 0.15) is 20.8 Å². The fourth-order valence-corrected chi connectivity index (χ4v) is 2.69. The summed E-state index contributed by atoms with van der Waals surface area (Å²) in [6.45, 7) is 13.4. The number of amides is 1. The minimum absolute atomic E-state index is 0.115. The molecular formula is C12H26N2O3Si. The first-order chi connectivity index (χ1) is 8.13. The predicted molar refractivity (Wildman–Crippen MR) is 74.5 cm³/mol. The molecule has 0 spiro atoms. The lowest BCUT2D eigenvalue weighted by molar-refractivity contribution is 0.116. The molecule has 0 saturated carbocycles. The van der Waals surface area contributed by atoms with Crippen LogP contribution < -0.4 is 5.32 Å². The molecule has 0 aromatic rings. The van der Waals surface area contributed by atoms with Crippen molar-refractivity contribution in [2.75, 3.05) is 26.2 Å². The van der Waals surface area contributed by atoms with Crippen molar-refractivity contribution in [1.82, 2.24) is 10.2 Å². The van der Waals surface area contributed by atoms with E-state index in [1.165, 1.54) is 4.90 Å². The third-order valence-corrected chi connectivity index (χ3v) is 8.48. The van der Waals surface area contributed by atoms with Gasteiger partial charge in [-0.2, -0.15) is 0 Å². The Hall–Kier alpha value is -0.593. The second-order valence-electron chi connectivity index (χ2n) is 6.45. The van der Waals surface area contributed by atoms with Crippen LogP contribution in [0.4, 0.5) is 4.79 Å². The van der Waals surface area contributed by atoms with Crippen molar-refractivity contribution < 1.29 is 14.3 Å². The van der Waals surface area contributed by atoms with E-state index in [-0.39, 0.29) is 11.1 Å². The molecule has 1 fully saturated rings. The van der Waals surface area contributed by atoms with Gasteiger partial charge in [0.15, 0.2) is 8.32 Å². The molecule has 0 aromatic heterocycles. The fraction of sp³-hybridized carbons (Fsp3) is 0.917. The maximum Gasteiger partial charge on any atom is 0.407 e. The van der Waals surface area contributed by atoms with Crippen molar-refractivity contribution in [1.29, 1.82) is 0 Å².